The van der Waals surface area contributed by atoms with Crippen molar-refractivity contribution in [1.29, 1.82) is 0 Å². The Kier molecular flexibility index (Phi) is 5.20. The molecule has 0 fully saturated rings. The molecule has 0 saturated carbocycles. The molecule has 0 spiro atoms. The standard InChI is InChI=1S/C15H11Cl2NO3/c16-13-4-1-12(2-5-13)10-21-15-6-3-11(9-14(15)17)7-8-18(19)20/h1-9H,10H2. The van der Waals surface area contributed by atoms with Crippen molar-refractivity contribution < 1.29 is 9.66 Å². The van der Waals surface area contributed by atoms with Crippen LogP contribution in [0.25, 0.3) is 6.08 Å². The van der Waals surface area contributed by atoms with Crippen LogP contribution in [0.15, 0.2) is 48.7 Å². The maximum atomic E-state index is 10.3. The van der Waals surface area contributed by atoms with Crippen molar-refractivity contribution in [3.63, 3.8) is 0 Å². The van der Waals surface area contributed by atoms with E-state index < -0.39 is 4.92 Å². The summed E-state index contributed by atoms with van der Waals surface area (Å²) >= 11 is 11.9. The summed E-state index contributed by atoms with van der Waals surface area (Å²) in [6.45, 7) is 0.362. The fourth-order valence-corrected chi connectivity index (χ4v) is 2.00. The first-order chi connectivity index (χ1) is 10.0. The summed E-state index contributed by atoms with van der Waals surface area (Å²) in [4.78, 5) is 9.73. The van der Waals surface area contributed by atoms with Crippen LogP contribution in [0.1, 0.15) is 11.1 Å². The molecular weight excluding hydrogens is 313 g/mol. The normalized spacial score (nSPS) is 10.8. The lowest BCUT2D eigenvalue weighted by atomic mass is 10.2. The van der Waals surface area contributed by atoms with Crippen molar-refractivity contribution >= 4 is 29.3 Å². The third kappa shape index (κ3) is 4.77. The Labute approximate surface area is 131 Å². The van der Waals surface area contributed by atoms with Gasteiger partial charge in [0.05, 0.1) is 9.95 Å². The van der Waals surface area contributed by atoms with Gasteiger partial charge in [-0.3, -0.25) is 10.1 Å². The van der Waals surface area contributed by atoms with E-state index in [4.69, 9.17) is 27.9 Å². The zero-order valence-electron chi connectivity index (χ0n) is 10.8. The lowest BCUT2D eigenvalue weighted by Gasteiger charge is -2.08. The number of ether oxygens (including phenoxy) is 1. The summed E-state index contributed by atoms with van der Waals surface area (Å²) in [6, 6.07) is 12.3. The summed E-state index contributed by atoms with van der Waals surface area (Å²) < 4.78 is 5.61. The van der Waals surface area contributed by atoms with Gasteiger partial charge in [-0.2, -0.15) is 0 Å². The van der Waals surface area contributed by atoms with Crippen molar-refractivity contribution in [3.05, 3.63) is 80.0 Å². The summed E-state index contributed by atoms with van der Waals surface area (Å²) in [6.07, 6.45) is 2.23. The predicted octanol–water partition coefficient (Wildman–Crippen LogP) is 4.82. The molecule has 0 radical (unpaired) electrons. The second-order valence-corrected chi connectivity index (χ2v) is 5.05. The molecule has 0 unspecified atom stereocenters. The molecule has 0 bridgehead atoms. The van der Waals surface area contributed by atoms with Crippen LogP contribution in [0.3, 0.4) is 0 Å². The van der Waals surface area contributed by atoms with Crippen molar-refractivity contribution in [3.8, 4) is 5.75 Å². The third-order valence-electron chi connectivity index (χ3n) is 2.65. The van der Waals surface area contributed by atoms with Crippen LogP contribution in [0.5, 0.6) is 5.75 Å². The maximum absolute atomic E-state index is 10.3. The van der Waals surface area contributed by atoms with E-state index in [-0.39, 0.29) is 0 Å². The minimum Gasteiger partial charge on any atom is -0.487 e. The number of rotatable bonds is 5. The molecule has 0 N–H and O–H groups in total. The quantitative estimate of drug-likeness (QED) is 0.585. The van der Waals surface area contributed by atoms with Gasteiger partial charge in [0.15, 0.2) is 0 Å². The molecule has 0 saturated heterocycles. The maximum Gasteiger partial charge on any atom is 0.235 e. The highest BCUT2D eigenvalue weighted by atomic mass is 35.5. The topological polar surface area (TPSA) is 52.4 Å². The van der Waals surface area contributed by atoms with Gasteiger partial charge >= 0.3 is 0 Å². The van der Waals surface area contributed by atoms with Gasteiger partial charge in [0.2, 0.25) is 6.20 Å². The van der Waals surface area contributed by atoms with Crippen LogP contribution in [-0.2, 0) is 6.61 Å². The van der Waals surface area contributed by atoms with Crippen LogP contribution >= 0.6 is 23.2 Å². The molecular formula is C15H11Cl2NO3. The summed E-state index contributed by atoms with van der Waals surface area (Å²) in [5.74, 6) is 0.518. The van der Waals surface area contributed by atoms with Crippen molar-refractivity contribution in [2.24, 2.45) is 0 Å². The Bertz CT molecular complexity index is 669. The molecule has 0 aliphatic carbocycles. The molecule has 6 heteroatoms. The molecule has 0 aliphatic rings. The summed E-state index contributed by atoms with van der Waals surface area (Å²) in [5.41, 5.74) is 1.60. The number of hydrogen-bond donors (Lipinski definition) is 0. The second-order valence-electron chi connectivity index (χ2n) is 4.21. The van der Waals surface area contributed by atoms with E-state index in [1.807, 2.05) is 12.1 Å². The van der Waals surface area contributed by atoms with Crippen LogP contribution in [-0.4, -0.2) is 4.92 Å². The molecule has 21 heavy (non-hydrogen) atoms. The number of nitro groups is 1. The third-order valence-corrected chi connectivity index (χ3v) is 3.20. The first-order valence-corrected chi connectivity index (χ1v) is 6.79. The summed E-state index contributed by atoms with van der Waals surface area (Å²) in [7, 11) is 0. The Morgan fingerprint density at radius 3 is 2.48 bits per heavy atom. The van der Waals surface area contributed by atoms with E-state index >= 15 is 0 Å². The Morgan fingerprint density at radius 2 is 1.86 bits per heavy atom. The number of hydrogen-bond acceptors (Lipinski definition) is 3. The predicted molar refractivity (Wildman–Crippen MR) is 83.3 cm³/mol. The second kappa shape index (κ2) is 7.11. The Morgan fingerprint density at radius 1 is 1.14 bits per heavy atom. The van der Waals surface area contributed by atoms with E-state index in [9.17, 15) is 10.1 Å². The Hall–Kier alpha value is -2.04. The first-order valence-electron chi connectivity index (χ1n) is 6.03. The monoisotopic (exact) mass is 323 g/mol. The average Bonchev–Trinajstić information content (AvgIpc) is 2.46. The smallest absolute Gasteiger partial charge is 0.235 e. The minimum absolute atomic E-state index is 0.362. The zero-order valence-corrected chi connectivity index (χ0v) is 12.3. The molecule has 2 aromatic carbocycles. The first kappa shape index (κ1) is 15.4. The highest BCUT2D eigenvalue weighted by Crippen LogP contribution is 2.27. The largest absolute Gasteiger partial charge is 0.487 e. The van der Waals surface area contributed by atoms with Gasteiger partial charge in [-0.25, -0.2) is 0 Å². The van der Waals surface area contributed by atoms with Crippen molar-refractivity contribution in [2.75, 3.05) is 0 Å². The number of halogens is 2. The van der Waals surface area contributed by atoms with E-state index in [0.29, 0.717) is 28.0 Å². The van der Waals surface area contributed by atoms with Crippen LogP contribution < -0.4 is 4.74 Å². The van der Waals surface area contributed by atoms with Crippen LogP contribution in [0.4, 0.5) is 0 Å². The SMILES string of the molecule is O=[N+]([O-])C=Cc1ccc(OCc2ccc(Cl)cc2)c(Cl)c1. The highest BCUT2D eigenvalue weighted by molar-refractivity contribution is 6.32. The van der Waals surface area contributed by atoms with E-state index in [1.54, 1.807) is 30.3 Å². The molecule has 2 rings (SSSR count). The van der Waals surface area contributed by atoms with E-state index in [1.165, 1.54) is 6.08 Å². The van der Waals surface area contributed by atoms with Gasteiger partial charge in [-0.05, 0) is 35.4 Å². The van der Waals surface area contributed by atoms with E-state index in [2.05, 4.69) is 0 Å². The molecule has 0 heterocycles. The van der Waals surface area contributed by atoms with Gasteiger partial charge in [0.1, 0.15) is 12.4 Å². The molecule has 0 aromatic heterocycles. The van der Waals surface area contributed by atoms with Gasteiger partial charge < -0.3 is 4.74 Å². The Balaban J connectivity index is 2.04. The molecule has 0 atom stereocenters. The minimum atomic E-state index is -0.529. The summed E-state index contributed by atoms with van der Waals surface area (Å²) in [5, 5.41) is 11.3. The number of nitrogens with zero attached hydrogens (tertiary/aromatic N) is 1. The van der Waals surface area contributed by atoms with Crippen LogP contribution in [0, 0.1) is 10.1 Å². The lowest BCUT2D eigenvalue weighted by molar-refractivity contribution is -0.400. The highest BCUT2D eigenvalue weighted by Gasteiger charge is 2.03. The molecule has 108 valence electrons. The van der Waals surface area contributed by atoms with Gasteiger partial charge in [-0.1, -0.05) is 41.4 Å². The van der Waals surface area contributed by atoms with Crippen molar-refractivity contribution in [2.45, 2.75) is 6.61 Å². The van der Waals surface area contributed by atoms with Crippen molar-refractivity contribution in [1.82, 2.24) is 0 Å². The van der Waals surface area contributed by atoms with Gasteiger partial charge in [0.25, 0.3) is 0 Å². The lowest BCUT2D eigenvalue weighted by Crippen LogP contribution is -1.95. The average molecular weight is 324 g/mol. The van der Waals surface area contributed by atoms with E-state index in [0.717, 1.165) is 11.8 Å². The zero-order chi connectivity index (χ0) is 15.2. The fourth-order valence-electron chi connectivity index (χ4n) is 1.63. The molecule has 0 aliphatic heterocycles. The van der Waals surface area contributed by atoms with Gasteiger partial charge in [-0.15, -0.1) is 0 Å². The van der Waals surface area contributed by atoms with Crippen LogP contribution in [0.2, 0.25) is 10.0 Å². The molecule has 2 aromatic rings. The fraction of sp³-hybridized carbons (Fsp3) is 0.0667. The molecule has 0 amide bonds. The number of benzene rings is 2. The van der Waals surface area contributed by atoms with Gasteiger partial charge in [0, 0.05) is 11.1 Å². The molecule has 4 nitrogen and oxygen atoms in total.